The summed E-state index contributed by atoms with van der Waals surface area (Å²) in [4.78, 5) is 35.1. The molecule has 8 nitrogen and oxygen atoms in total. The Bertz CT molecular complexity index is 747. The minimum absolute atomic E-state index is 0.00265. The fourth-order valence-electron chi connectivity index (χ4n) is 3.96. The van der Waals surface area contributed by atoms with E-state index in [-0.39, 0.29) is 23.4 Å². The summed E-state index contributed by atoms with van der Waals surface area (Å²) in [5, 5.41) is 9.63. The molecular weight excluding hydrogens is 308 g/mol. The third-order valence-corrected chi connectivity index (χ3v) is 5.08. The van der Waals surface area contributed by atoms with Gasteiger partial charge in [-0.2, -0.15) is 5.10 Å². The number of aromatic amines is 1. The monoisotopic (exact) mass is 326 g/mol. The molecule has 2 fully saturated rings. The minimum atomic E-state index is -0.355. The summed E-state index contributed by atoms with van der Waals surface area (Å²) in [7, 11) is 0. The Morgan fingerprint density at radius 3 is 2.96 bits per heavy atom. The van der Waals surface area contributed by atoms with E-state index < -0.39 is 0 Å². The van der Waals surface area contributed by atoms with Crippen molar-refractivity contribution in [1.29, 1.82) is 0 Å². The number of hydrogen-bond donors (Lipinski definition) is 2. The van der Waals surface area contributed by atoms with Crippen LogP contribution >= 0.6 is 0 Å². The van der Waals surface area contributed by atoms with Crippen molar-refractivity contribution in [3.8, 4) is 0 Å². The second kappa shape index (κ2) is 5.70. The zero-order valence-electron chi connectivity index (χ0n) is 13.1. The van der Waals surface area contributed by atoms with Crippen molar-refractivity contribution in [3.63, 3.8) is 0 Å². The van der Waals surface area contributed by atoms with Crippen LogP contribution in [0, 0.1) is 0 Å². The van der Waals surface area contributed by atoms with E-state index in [4.69, 9.17) is 0 Å². The number of rotatable bonds is 3. The predicted molar refractivity (Wildman–Crippen MR) is 84.1 cm³/mol. The molecule has 0 bridgehead atoms. The first-order chi connectivity index (χ1) is 11.7. The van der Waals surface area contributed by atoms with E-state index in [0.29, 0.717) is 17.8 Å². The van der Waals surface area contributed by atoms with Gasteiger partial charge in [0.1, 0.15) is 5.69 Å². The Hall–Kier alpha value is -2.77. The van der Waals surface area contributed by atoms with Crippen LogP contribution in [-0.2, 0) is 0 Å². The van der Waals surface area contributed by atoms with Crippen LogP contribution in [0.15, 0.2) is 31.0 Å². The van der Waals surface area contributed by atoms with Gasteiger partial charge >= 0.3 is 0 Å². The third kappa shape index (κ3) is 2.34. The molecule has 3 heterocycles. The molecule has 0 aromatic carbocycles. The highest BCUT2D eigenvalue weighted by Gasteiger charge is 2.53. The van der Waals surface area contributed by atoms with E-state index in [0.717, 1.165) is 25.7 Å². The van der Waals surface area contributed by atoms with Crippen molar-refractivity contribution >= 4 is 11.8 Å². The number of hydrogen-bond acceptors (Lipinski definition) is 5. The summed E-state index contributed by atoms with van der Waals surface area (Å²) in [5.74, 6) is -0.265. The van der Waals surface area contributed by atoms with Crippen LogP contribution in [0.3, 0.4) is 0 Å². The number of fused-ring (bicyclic) bond motifs is 1. The normalized spacial score (nSPS) is 25.5. The van der Waals surface area contributed by atoms with Gasteiger partial charge in [-0.25, -0.2) is 4.98 Å². The van der Waals surface area contributed by atoms with Crippen LogP contribution in [0.25, 0.3) is 0 Å². The molecular formula is C16H18N6O2. The molecule has 24 heavy (non-hydrogen) atoms. The van der Waals surface area contributed by atoms with Crippen LogP contribution in [0.5, 0.6) is 0 Å². The quantitative estimate of drug-likeness (QED) is 0.867. The van der Waals surface area contributed by atoms with Crippen molar-refractivity contribution in [2.75, 3.05) is 6.54 Å². The maximum Gasteiger partial charge on any atom is 0.274 e. The number of carbonyl (C=O) groups excluding carboxylic acids is 2. The van der Waals surface area contributed by atoms with E-state index in [1.807, 2.05) is 4.90 Å². The zero-order chi connectivity index (χ0) is 16.6. The van der Waals surface area contributed by atoms with Gasteiger partial charge < -0.3 is 10.2 Å². The van der Waals surface area contributed by atoms with Crippen molar-refractivity contribution in [3.05, 3.63) is 42.2 Å². The van der Waals surface area contributed by atoms with Gasteiger partial charge in [-0.1, -0.05) is 0 Å². The van der Waals surface area contributed by atoms with E-state index in [1.54, 1.807) is 12.4 Å². The number of likely N-dealkylation sites (tertiary alicyclic amines) is 1. The summed E-state index contributed by atoms with van der Waals surface area (Å²) in [6.45, 7) is 0.617. The van der Waals surface area contributed by atoms with Crippen LogP contribution in [0.4, 0.5) is 0 Å². The van der Waals surface area contributed by atoms with E-state index >= 15 is 0 Å². The lowest BCUT2D eigenvalue weighted by Crippen LogP contribution is -2.54. The SMILES string of the molecule is O=C(NC12CCCC1N(C(=O)c1cnccn1)CC2)c1cn[nH]c1. The maximum atomic E-state index is 12.7. The van der Waals surface area contributed by atoms with E-state index in [1.165, 1.54) is 18.6 Å². The largest absolute Gasteiger partial charge is 0.344 e. The van der Waals surface area contributed by atoms with Crippen molar-refractivity contribution < 1.29 is 9.59 Å². The van der Waals surface area contributed by atoms with E-state index in [9.17, 15) is 9.59 Å². The standard InChI is InChI=1S/C16H18N6O2/c23-14(11-8-19-20-9-11)21-16-3-1-2-13(16)22(7-4-16)15(24)12-10-17-5-6-18-12/h5-6,8-10,13H,1-4,7H2,(H,19,20)(H,21,23). The van der Waals surface area contributed by atoms with Gasteiger partial charge in [-0.3, -0.25) is 19.7 Å². The molecule has 1 aliphatic heterocycles. The van der Waals surface area contributed by atoms with Crippen molar-refractivity contribution in [2.45, 2.75) is 37.3 Å². The number of H-pyrrole nitrogens is 1. The van der Waals surface area contributed by atoms with Crippen LogP contribution in [0.2, 0.25) is 0 Å². The number of amides is 2. The molecule has 4 rings (SSSR count). The molecule has 2 aromatic rings. The van der Waals surface area contributed by atoms with Crippen LogP contribution < -0.4 is 5.32 Å². The Morgan fingerprint density at radius 2 is 2.21 bits per heavy atom. The molecule has 1 saturated heterocycles. The van der Waals surface area contributed by atoms with Gasteiger partial charge in [-0.15, -0.1) is 0 Å². The molecule has 2 atom stereocenters. The van der Waals surface area contributed by atoms with Crippen LogP contribution in [0.1, 0.15) is 46.5 Å². The third-order valence-electron chi connectivity index (χ3n) is 5.08. The molecule has 0 spiro atoms. The summed E-state index contributed by atoms with van der Waals surface area (Å²) in [5.41, 5.74) is 0.502. The second-order valence-electron chi connectivity index (χ2n) is 6.34. The maximum absolute atomic E-state index is 12.7. The highest BCUT2D eigenvalue weighted by atomic mass is 16.2. The molecule has 1 saturated carbocycles. The number of carbonyl (C=O) groups is 2. The Labute approximate surface area is 138 Å². The molecule has 2 aromatic heterocycles. The minimum Gasteiger partial charge on any atom is -0.344 e. The smallest absolute Gasteiger partial charge is 0.274 e. The second-order valence-corrected chi connectivity index (χ2v) is 6.34. The van der Waals surface area contributed by atoms with Gasteiger partial charge in [0.2, 0.25) is 0 Å². The summed E-state index contributed by atoms with van der Waals surface area (Å²) < 4.78 is 0. The molecule has 2 amide bonds. The average Bonchev–Trinajstić information content (AvgIpc) is 3.31. The lowest BCUT2D eigenvalue weighted by Gasteiger charge is -2.33. The number of nitrogens with one attached hydrogen (secondary N) is 2. The van der Waals surface area contributed by atoms with Gasteiger partial charge in [0.05, 0.1) is 29.5 Å². The van der Waals surface area contributed by atoms with E-state index in [2.05, 4.69) is 25.5 Å². The Kier molecular flexibility index (Phi) is 3.51. The van der Waals surface area contributed by atoms with Gasteiger partial charge in [-0.05, 0) is 25.7 Å². The molecule has 124 valence electrons. The summed E-state index contributed by atoms with van der Waals surface area (Å²) >= 11 is 0. The van der Waals surface area contributed by atoms with Crippen LogP contribution in [-0.4, -0.2) is 55.0 Å². The summed E-state index contributed by atoms with van der Waals surface area (Å²) in [6.07, 6.45) is 11.1. The lowest BCUT2D eigenvalue weighted by atomic mass is 9.92. The molecule has 2 N–H and O–H groups in total. The predicted octanol–water partition coefficient (Wildman–Crippen LogP) is 0.767. The van der Waals surface area contributed by atoms with Gasteiger partial charge in [0, 0.05) is 25.1 Å². The molecule has 8 heteroatoms. The fourth-order valence-corrected chi connectivity index (χ4v) is 3.96. The first-order valence-corrected chi connectivity index (χ1v) is 8.08. The first kappa shape index (κ1) is 14.8. The Balaban J connectivity index is 1.55. The molecule has 1 aliphatic carbocycles. The molecule has 2 aliphatic rings. The number of aromatic nitrogens is 4. The van der Waals surface area contributed by atoms with Gasteiger partial charge in [0.15, 0.2) is 0 Å². The van der Waals surface area contributed by atoms with Gasteiger partial charge in [0.25, 0.3) is 11.8 Å². The lowest BCUT2D eigenvalue weighted by molar-refractivity contribution is 0.0689. The average molecular weight is 326 g/mol. The topological polar surface area (TPSA) is 104 Å². The zero-order valence-corrected chi connectivity index (χ0v) is 13.1. The molecule has 0 radical (unpaired) electrons. The summed E-state index contributed by atoms with van der Waals surface area (Å²) in [6, 6.07) is 0.00265. The first-order valence-electron chi connectivity index (χ1n) is 8.08. The van der Waals surface area contributed by atoms with Crippen molar-refractivity contribution in [1.82, 2.24) is 30.4 Å². The van der Waals surface area contributed by atoms with Crippen molar-refractivity contribution in [2.24, 2.45) is 0 Å². The highest BCUT2D eigenvalue weighted by Crippen LogP contribution is 2.42. The Morgan fingerprint density at radius 1 is 1.29 bits per heavy atom. The fraction of sp³-hybridized carbons (Fsp3) is 0.438. The molecule has 2 unspecified atom stereocenters. The highest BCUT2D eigenvalue weighted by molar-refractivity contribution is 5.95. The number of nitrogens with zero attached hydrogens (tertiary/aromatic N) is 4.